The molecule has 0 aliphatic carbocycles. The van der Waals surface area contributed by atoms with Gasteiger partial charge in [0.25, 0.3) is 0 Å². The van der Waals surface area contributed by atoms with Crippen LogP contribution in [0.3, 0.4) is 0 Å². The standard InChI is InChI=1S/C6H7N3O2/c7-9-5-3-4(6(10)11)1-2-8-5/h1-3H,7H2,(H,8,9)(H,10,11). The minimum atomic E-state index is -0.996. The first-order chi connectivity index (χ1) is 5.24. The number of hydrazine groups is 1. The summed E-state index contributed by atoms with van der Waals surface area (Å²) in [5, 5.41) is 8.51. The van der Waals surface area contributed by atoms with Gasteiger partial charge in [0.15, 0.2) is 0 Å². The minimum absolute atomic E-state index is 0.160. The van der Waals surface area contributed by atoms with Crippen molar-refractivity contribution in [1.29, 1.82) is 0 Å². The van der Waals surface area contributed by atoms with E-state index in [0.29, 0.717) is 5.82 Å². The lowest BCUT2D eigenvalue weighted by Crippen LogP contribution is -2.09. The SMILES string of the molecule is NNc1cc(C(=O)O)ccn1. The maximum atomic E-state index is 10.4. The van der Waals surface area contributed by atoms with Crippen molar-refractivity contribution in [1.82, 2.24) is 4.98 Å². The average molecular weight is 153 g/mol. The van der Waals surface area contributed by atoms with Gasteiger partial charge in [0, 0.05) is 6.20 Å². The second kappa shape index (κ2) is 2.98. The van der Waals surface area contributed by atoms with Crippen LogP contribution in [0.4, 0.5) is 5.82 Å². The molecule has 0 aromatic carbocycles. The highest BCUT2D eigenvalue weighted by molar-refractivity contribution is 5.88. The molecule has 0 saturated carbocycles. The molecule has 0 saturated heterocycles. The molecule has 1 aromatic rings. The quantitative estimate of drug-likeness (QED) is 0.413. The number of aromatic nitrogens is 1. The lowest BCUT2D eigenvalue weighted by atomic mass is 10.3. The van der Waals surface area contributed by atoms with Gasteiger partial charge in [0.1, 0.15) is 5.82 Å². The lowest BCUT2D eigenvalue weighted by Gasteiger charge is -1.98. The number of aromatic carboxylic acids is 1. The van der Waals surface area contributed by atoms with Crippen LogP contribution in [0.25, 0.3) is 0 Å². The number of nitrogens with zero attached hydrogens (tertiary/aromatic N) is 1. The zero-order valence-electron chi connectivity index (χ0n) is 5.61. The predicted molar refractivity (Wildman–Crippen MR) is 39.0 cm³/mol. The second-order valence-corrected chi connectivity index (χ2v) is 1.88. The molecular weight excluding hydrogens is 146 g/mol. The maximum Gasteiger partial charge on any atom is 0.335 e. The molecule has 0 fully saturated rings. The number of carboxylic acid groups (broad SMARTS) is 1. The third-order valence-electron chi connectivity index (χ3n) is 1.15. The molecule has 0 amide bonds. The van der Waals surface area contributed by atoms with Crippen LogP contribution in [0.2, 0.25) is 0 Å². The average Bonchev–Trinajstić information content (AvgIpc) is 2.05. The summed E-state index contributed by atoms with van der Waals surface area (Å²) >= 11 is 0. The molecule has 1 rings (SSSR count). The number of hydrogen-bond acceptors (Lipinski definition) is 4. The molecule has 58 valence electrons. The Hall–Kier alpha value is -1.62. The van der Waals surface area contributed by atoms with E-state index in [-0.39, 0.29) is 5.56 Å². The van der Waals surface area contributed by atoms with Crippen molar-refractivity contribution in [3.63, 3.8) is 0 Å². The molecule has 0 radical (unpaired) electrons. The van der Waals surface area contributed by atoms with Crippen LogP contribution in [0.5, 0.6) is 0 Å². The lowest BCUT2D eigenvalue weighted by molar-refractivity contribution is 0.0697. The number of nitrogen functional groups attached to an aromatic ring is 1. The van der Waals surface area contributed by atoms with Crippen LogP contribution in [-0.4, -0.2) is 16.1 Å². The number of rotatable bonds is 2. The summed E-state index contributed by atoms with van der Waals surface area (Å²) < 4.78 is 0. The molecule has 1 aromatic heterocycles. The van der Waals surface area contributed by atoms with Gasteiger partial charge in [0.05, 0.1) is 5.56 Å². The van der Waals surface area contributed by atoms with Gasteiger partial charge >= 0.3 is 5.97 Å². The first-order valence-electron chi connectivity index (χ1n) is 2.90. The number of carboxylic acids is 1. The largest absolute Gasteiger partial charge is 0.478 e. The topological polar surface area (TPSA) is 88.2 Å². The van der Waals surface area contributed by atoms with Crippen LogP contribution >= 0.6 is 0 Å². The van der Waals surface area contributed by atoms with E-state index in [1.54, 1.807) is 0 Å². The van der Waals surface area contributed by atoms with Gasteiger partial charge in [-0.3, -0.25) is 0 Å². The fourth-order valence-corrected chi connectivity index (χ4v) is 0.643. The number of carbonyl (C=O) groups is 1. The molecule has 0 unspecified atom stereocenters. The Bertz CT molecular complexity index is 274. The number of nitrogens with one attached hydrogen (secondary N) is 1. The molecule has 0 atom stereocenters. The Balaban J connectivity index is 3.01. The van der Waals surface area contributed by atoms with E-state index in [2.05, 4.69) is 10.4 Å². The molecule has 1 heterocycles. The normalized spacial score (nSPS) is 9.18. The van der Waals surface area contributed by atoms with Crippen LogP contribution in [0.1, 0.15) is 10.4 Å². The summed E-state index contributed by atoms with van der Waals surface area (Å²) in [5.74, 6) is 4.35. The number of pyridine rings is 1. The zero-order chi connectivity index (χ0) is 8.27. The number of nitrogens with two attached hydrogens (primary N) is 1. The Kier molecular flexibility index (Phi) is 2.03. The second-order valence-electron chi connectivity index (χ2n) is 1.88. The van der Waals surface area contributed by atoms with E-state index in [1.807, 2.05) is 0 Å². The van der Waals surface area contributed by atoms with Gasteiger partial charge in [-0.05, 0) is 12.1 Å². The summed E-state index contributed by atoms with van der Waals surface area (Å²) in [6, 6.07) is 2.74. The Morgan fingerprint density at radius 3 is 3.00 bits per heavy atom. The van der Waals surface area contributed by atoms with E-state index in [0.717, 1.165) is 0 Å². The monoisotopic (exact) mass is 153 g/mol. The molecular formula is C6H7N3O2. The highest BCUT2D eigenvalue weighted by atomic mass is 16.4. The smallest absolute Gasteiger partial charge is 0.335 e. The third-order valence-corrected chi connectivity index (χ3v) is 1.15. The van der Waals surface area contributed by atoms with Crippen molar-refractivity contribution < 1.29 is 9.90 Å². The van der Waals surface area contributed by atoms with E-state index >= 15 is 0 Å². The fraction of sp³-hybridized carbons (Fsp3) is 0. The Morgan fingerprint density at radius 2 is 2.45 bits per heavy atom. The van der Waals surface area contributed by atoms with Gasteiger partial charge in [-0.15, -0.1) is 0 Å². The van der Waals surface area contributed by atoms with Gasteiger partial charge in [-0.25, -0.2) is 15.6 Å². The maximum absolute atomic E-state index is 10.4. The molecule has 5 nitrogen and oxygen atoms in total. The van der Waals surface area contributed by atoms with Gasteiger partial charge in [-0.1, -0.05) is 0 Å². The van der Waals surface area contributed by atoms with Gasteiger partial charge in [-0.2, -0.15) is 0 Å². The Morgan fingerprint density at radius 1 is 1.73 bits per heavy atom. The van der Waals surface area contributed by atoms with Gasteiger partial charge < -0.3 is 10.5 Å². The minimum Gasteiger partial charge on any atom is -0.478 e. The van der Waals surface area contributed by atoms with Crippen LogP contribution in [0, 0.1) is 0 Å². The number of anilines is 1. The van der Waals surface area contributed by atoms with Crippen LogP contribution in [-0.2, 0) is 0 Å². The first-order valence-corrected chi connectivity index (χ1v) is 2.90. The highest BCUT2D eigenvalue weighted by Gasteiger charge is 2.01. The van der Waals surface area contributed by atoms with E-state index in [1.165, 1.54) is 18.3 Å². The molecule has 11 heavy (non-hydrogen) atoms. The van der Waals surface area contributed by atoms with Crippen molar-refractivity contribution in [2.45, 2.75) is 0 Å². The Labute approximate surface area is 62.8 Å². The third kappa shape index (κ3) is 1.65. The molecule has 5 heteroatoms. The summed E-state index contributed by atoms with van der Waals surface area (Å²) in [6.07, 6.45) is 1.37. The molecule has 4 N–H and O–H groups in total. The number of hydrogen-bond donors (Lipinski definition) is 3. The van der Waals surface area contributed by atoms with Crippen molar-refractivity contribution in [3.05, 3.63) is 23.9 Å². The first kappa shape index (κ1) is 7.49. The van der Waals surface area contributed by atoms with Crippen molar-refractivity contribution in [2.75, 3.05) is 5.43 Å². The van der Waals surface area contributed by atoms with Crippen molar-refractivity contribution >= 4 is 11.8 Å². The van der Waals surface area contributed by atoms with E-state index in [9.17, 15) is 4.79 Å². The summed E-state index contributed by atoms with van der Waals surface area (Å²) in [4.78, 5) is 14.1. The van der Waals surface area contributed by atoms with E-state index < -0.39 is 5.97 Å². The fourth-order valence-electron chi connectivity index (χ4n) is 0.643. The van der Waals surface area contributed by atoms with Crippen LogP contribution in [0.15, 0.2) is 18.3 Å². The predicted octanol–water partition coefficient (Wildman–Crippen LogP) is 0.0654. The summed E-state index contributed by atoms with van der Waals surface area (Å²) in [6.45, 7) is 0. The molecule has 0 bridgehead atoms. The summed E-state index contributed by atoms with van der Waals surface area (Å²) in [5.41, 5.74) is 2.41. The van der Waals surface area contributed by atoms with E-state index in [4.69, 9.17) is 10.9 Å². The molecule has 0 aliphatic rings. The zero-order valence-corrected chi connectivity index (χ0v) is 5.61. The van der Waals surface area contributed by atoms with Crippen molar-refractivity contribution in [2.24, 2.45) is 5.84 Å². The highest BCUT2D eigenvalue weighted by Crippen LogP contribution is 2.04. The molecule has 0 spiro atoms. The summed E-state index contributed by atoms with van der Waals surface area (Å²) in [7, 11) is 0. The van der Waals surface area contributed by atoms with Crippen molar-refractivity contribution in [3.8, 4) is 0 Å². The van der Waals surface area contributed by atoms with Gasteiger partial charge in [0.2, 0.25) is 0 Å². The van der Waals surface area contributed by atoms with Crippen LogP contribution < -0.4 is 11.3 Å². The molecule has 0 aliphatic heterocycles.